The standard InChI is InChI=1S/2C4H8/c2*1-2-4-3-1/h2*1-4H2. The second-order valence-electron chi connectivity index (χ2n) is 2.83. The maximum atomic E-state index is 1.50. The molecule has 0 nitrogen and oxygen atoms in total. The molecule has 2 saturated carbocycles. The van der Waals surface area contributed by atoms with Crippen LogP contribution in [0, 0.1) is 0 Å². The van der Waals surface area contributed by atoms with Gasteiger partial charge < -0.3 is 0 Å². The van der Waals surface area contributed by atoms with Gasteiger partial charge in [0.05, 0.1) is 0 Å². The highest BCUT2D eigenvalue weighted by Crippen LogP contribution is 2.15. The van der Waals surface area contributed by atoms with Gasteiger partial charge in [-0.05, 0) is 0 Å². The van der Waals surface area contributed by atoms with Crippen molar-refractivity contribution in [3.05, 3.63) is 0 Å². The minimum absolute atomic E-state index is 1.50. The van der Waals surface area contributed by atoms with Crippen LogP contribution in [-0.2, 0) is 0 Å². The van der Waals surface area contributed by atoms with Gasteiger partial charge in [-0.3, -0.25) is 0 Å². The minimum Gasteiger partial charge on any atom is -0.0533 e. The van der Waals surface area contributed by atoms with E-state index in [1.807, 2.05) is 0 Å². The largest absolute Gasteiger partial charge is 0.0533 e. The molecule has 8 heavy (non-hydrogen) atoms. The third-order valence-electron chi connectivity index (χ3n) is 2.00. The van der Waals surface area contributed by atoms with Crippen LogP contribution in [0.5, 0.6) is 0 Å². The van der Waals surface area contributed by atoms with Gasteiger partial charge in [0, 0.05) is 0 Å². The van der Waals surface area contributed by atoms with E-state index in [1.165, 1.54) is 51.4 Å². The summed E-state index contributed by atoms with van der Waals surface area (Å²) in [7, 11) is 0. The smallest absolute Gasteiger partial charge is 0.0533 e. The SMILES string of the molecule is C1CCC1.C1CCC1. The van der Waals surface area contributed by atoms with Crippen LogP contribution in [0.25, 0.3) is 0 Å². The molecule has 2 aliphatic carbocycles. The summed E-state index contributed by atoms with van der Waals surface area (Å²) < 4.78 is 0. The number of rotatable bonds is 0. The van der Waals surface area contributed by atoms with Crippen molar-refractivity contribution in [2.45, 2.75) is 51.4 Å². The fourth-order valence-electron chi connectivity index (χ4n) is 0.500. The second kappa shape index (κ2) is 3.94. The van der Waals surface area contributed by atoms with Crippen LogP contribution in [0.3, 0.4) is 0 Å². The van der Waals surface area contributed by atoms with Crippen LogP contribution in [0.2, 0.25) is 0 Å². The van der Waals surface area contributed by atoms with Gasteiger partial charge in [0.25, 0.3) is 0 Å². The first-order valence-corrected chi connectivity index (χ1v) is 4.00. The predicted octanol–water partition coefficient (Wildman–Crippen LogP) is 3.12. The number of hydrogen-bond acceptors (Lipinski definition) is 0. The van der Waals surface area contributed by atoms with E-state index in [2.05, 4.69) is 0 Å². The van der Waals surface area contributed by atoms with Crippen molar-refractivity contribution in [2.75, 3.05) is 0 Å². The molecular formula is C8H16. The molecule has 2 aliphatic rings. The van der Waals surface area contributed by atoms with Gasteiger partial charge in [0.2, 0.25) is 0 Å². The van der Waals surface area contributed by atoms with Crippen molar-refractivity contribution in [1.29, 1.82) is 0 Å². The topological polar surface area (TPSA) is 0 Å². The molecule has 0 aromatic rings. The molecular weight excluding hydrogens is 96.1 g/mol. The van der Waals surface area contributed by atoms with Crippen molar-refractivity contribution >= 4 is 0 Å². The van der Waals surface area contributed by atoms with E-state index in [0.717, 1.165) is 0 Å². The highest BCUT2D eigenvalue weighted by atomic mass is 14.0. The summed E-state index contributed by atoms with van der Waals surface area (Å²) in [6.07, 6.45) is 12.0. The lowest BCUT2D eigenvalue weighted by Crippen LogP contribution is -1.85. The minimum atomic E-state index is 1.50. The Bertz CT molecular complexity index is 24.0. The summed E-state index contributed by atoms with van der Waals surface area (Å²) in [5.41, 5.74) is 0. The fraction of sp³-hybridized carbons (Fsp3) is 1.00. The molecule has 2 fully saturated rings. The molecule has 0 spiro atoms. The molecule has 0 aromatic heterocycles. The number of hydrogen-bond donors (Lipinski definition) is 0. The van der Waals surface area contributed by atoms with Crippen molar-refractivity contribution in [3.63, 3.8) is 0 Å². The molecule has 0 aromatic carbocycles. The Labute approximate surface area is 52.3 Å². The van der Waals surface area contributed by atoms with Gasteiger partial charge in [-0.1, -0.05) is 51.4 Å². The quantitative estimate of drug-likeness (QED) is 0.451. The average molecular weight is 112 g/mol. The fourth-order valence-corrected chi connectivity index (χ4v) is 0.500. The van der Waals surface area contributed by atoms with E-state index < -0.39 is 0 Å². The third-order valence-corrected chi connectivity index (χ3v) is 2.00. The highest BCUT2D eigenvalue weighted by molar-refractivity contribution is 4.51. The molecule has 0 heterocycles. The monoisotopic (exact) mass is 112 g/mol. The van der Waals surface area contributed by atoms with Crippen molar-refractivity contribution in [3.8, 4) is 0 Å². The molecule has 0 unspecified atom stereocenters. The summed E-state index contributed by atoms with van der Waals surface area (Å²) in [6.45, 7) is 0. The lowest BCUT2D eigenvalue weighted by Gasteiger charge is -2.05. The summed E-state index contributed by atoms with van der Waals surface area (Å²) in [6, 6.07) is 0. The zero-order chi connectivity index (χ0) is 5.66. The maximum absolute atomic E-state index is 1.50. The Morgan fingerprint density at radius 1 is 0.250 bits per heavy atom. The Kier molecular flexibility index (Phi) is 3.01. The van der Waals surface area contributed by atoms with Crippen molar-refractivity contribution < 1.29 is 0 Å². The molecule has 0 atom stereocenters. The average Bonchev–Trinajstić information content (AvgIpc) is 1.12. The van der Waals surface area contributed by atoms with Gasteiger partial charge >= 0.3 is 0 Å². The first kappa shape index (κ1) is 6.12. The van der Waals surface area contributed by atoms with Crippen molar-refractivity contribution in [2.24, 2.45) is 0 Å². The normalized spacial score (nSPS) is 24.0. The lowest BCUT2D eigenvalue weighted by atomic mass is 10.0. The zero-order valence-electron chi connectivity index (χ0n) is 5.66. The Morgan fingerprint density at radius 3 is 0.375 bits per heavy atom. The first-order valence-electron chi connectivity index (χ1n) is 4.00. The molecule has 0 saturated heterocycles. The van der Waals surface area contributed by atoms with Crippen LogP contribution >= 0.6 is 0 Å². The van der Waals surface area contributed by atoms with E-state index in [4.69, 9.17) is 0 Å². The molecule has 48 valence electrons. The van der Waals surface area contributed by atoms with Gasteiger partial charge in [0.1, 0.15) is 0 Å². The molecule has 0 radical (unpaired) electrons. The third kappa shape index (κ3) is 2.34. The van der Waals surface area contributed by atoms with E-state index in [-0.39, 0.29) is 0 Å². The second-order valence-corrected chi connectivity index (χ2v) is 2.83. The lowest BCUT2D eigenvalue weighted by molar-refractivity contribution is 0.504. The Morgan fingerprint density at radius 2 is 0.375 bits per heavy atom. The van der Waals surface area contributed by atoms with Gasteiger partial charge in [-0.15, -0.1) is 0 Å². The van der Waals surface area contributed by atoms with Crippen molar-refractivity contribution in [1.82, 2.24) is 0 Å². The van der Waals surface area contributed by atoms with Gasteiger partial charge in [0.15, 0.2) is 0 Å². The van der Waals surface area contributed by atoms with Gasteiger partial charge in [-0.2, -0.15) is 0 Å². The summed E-state index contributed by atoms with van der Waals surface area (Å²) >= 11 is 0. The Hall–Kier alpha value is 0. The molecule has 0 bridgehead atoms. The van der Waals surface area contributed by atoms with E-state index in [1.54, 1.807) is 0 Å². The zero-order valence-corrected chi connectivity index (χ0v) is 5.66. The molecule has 0 N–H and O–H groups in total. The van der Waals surface area contributed by atoms with Crippen LogP contribution < -0.4 is 0 Å². The molecule has 0 aliphatic heterocycles. The maximum Gasteiger partial charge on any atom is -0.0533 e. The highest BCUT2D eigenvalue weighted by Gasteiger charge is 1.95. The predicted molar refractivity (Wildman–Crippen MR) is 36.9 cm³/mol. The van der Waals surface area contributed by atoms with Gasteiger partial charge in [-0.25, -0.2) is 0 Å². The summed E-state index contributed by atoms with van der Waals surface area (Å²) in [4.78, 5) is 0. The first-order chi connectivity index (χ1) is 4.00. The molecule has 0 amide bonds. The summed E-state index contributed by atoms with van der Waals surface area (Å²) in [5, 5.41) is 0. The van der Waals surface area contributed by atoms with Crippen LogP contribution in [0.1, 0.15) is 51.4 Å². The van der Waals surface area contributed by atoms with Crippen LogP contribution in [0.15, 0.2) is 0 Å². The van der Waals surface area contributed by atoms with Crippen LogP contribution in [-0.4, -0.2) is 0 Å². The van der Waals surface area contributed by atoms with E-state index in [9.17, 15) is 0 Å². The van der Waals surface area contributed by atoms with Crippen LogP contribution in [0.4, 0.5) is 0 Å². The van der Waals surface area contributed by atoms with E-state index in [0.29, 0.717) is 0 Å². The summed E-state index contributed by atoms with van der Waals surface area (Å²) in [5.74, 6) is 0. The van der Waals surface area contributed by atoms with E-state index >= 15 is 0 Å². The molecule has 0 heteroatoms. The molecule has 2 rings (SSSR count). The Balaban J connectivity index is 0.0000000800.